The number of furan rings is 1. The summed E-state index contributed by atoms with van der Waals surface area (Å²) in [6.45, 7) is 1.69. The summed E-state index contributed by atoms with van der Waals surface area (Å²) in [5.74, 6) is 0.175. The molecule has 0 aliphatic carbocycles. The first-order valence-electron chi connectivity index (χ1n) is 7.86. The second-order valence-corrected chi connectivity index (χ2v) is 5.89. The number of aromatic nitrogens is 1. The van der Waals surface area contributed by atoms with Gasteiger partial charge < -0.3 is 14.2 Å². The molecule has 0 spiro atoms. The third-order valence-corrected chi connectivity index (χ3v) is 3.92. The van der Waals surface area contributed by atoms with Gasteiger partial charge in [0.15, 0.2) is 17.8 Å². The molecule has 0 unspecified atom stereocenters. The molecule has 1 aromatic carbocycles. The van der Waals surface area contributed by atoms with Crippen LogP contribution >= 0.6 is 0 Å². The molecule has 126 valence electrons. The summed E-state index contributed by atoms with van der Waals surface area (Å²) in [5.41, 5.74) is 0.179. The molecule has 6 nitrogen and oxygen atoms in total. The van der Waals surface area contributed by atoms with Gasteiger partial charge in [0.1, 0.15) is 5.54 Å². The van der Waals surface area contributed by atoms with Crippen LogP contribution in [0.5, 0.6) is 0 Å². The standard InChI is InChI=1S/C19H17N3O3/c1-19(12-20,10-9-14-6-3-2-4-7-14)22-18(23)16-17(25-13-21-16)15-8-5-11-24-15/h2-8,11,13H,9-10H2,1H3,(H,22,23)/t19-/m0/s1. The number of carbonyl (C=O) groups is 1. The number of amides is 1. The van der Waals surface area contributed by atoms with Gasteiger partial charge in [-0.2, -0.15) is 5.26 Å². The molecule has 1 N–H and O–H groups in total. The summed E-state index contributed by atoms with van der Waals surface area (Å²) >= 11 is 0. The Hall–Kier alpha value is -3.33. The zero-order chi connectivity index (χ0) is 17.7. The van der Waals surface area contributed by atoms with Crippen LogP contribution in [0.25, 0.3) is 11.5 Å². The number of carbonyl (C=O) groups excluding carboxylic acids is 1. The molecule has 0 saturated carbocycles. The highest BCUT2D eigenvalue weighted by atomic mass is 16.4. The van der Waals surface area contributed by atoms with Gasteiger partial charge in [-0.15, -0.1) is 0 Å². The highest BCUT2D eigenvalue weighted by Crippen LogP contribution is 2.24. The lowest BCUT2D eigenvalue weighted by atomic mass is 9.94. The van der Waals surface area contributed by atoms with Crippen LogP contribution in [0.15, 0.2) is 64.0 Å². The van der Waals surface area contributed by atoms with E-state index in [2.05, 4.69) is 16.4 Å². The van der Waals surface area contributed by atoms with Crippen LogP contribution in [-0.4, -0.2) is 16.4 Å². The Bertz CT molecular complexity index is 878. The van der Waals surface area contributed by atoms with Crippen molar-refractivity contribution in [2.45, 2.75) is 25.3 Å². The quantitative estimate of drug-likeness (QED) is 0.743. The van der Waals surface area contributed by atoms with E-state index in [0.717, 1.165) is 5.56 Å². The fourth-order valence-corrected chi connectivity index (χ4v) is 2.49. The summed E-state index contributed by atoms with van der Waals surface area (Å²) in [6, 6.07) is 15.4. The van der Waals surface area contributed by atoms with E-state index >= 15 is 0 Å². The fraction of sp³-hybridized carbons (Fsp3) is 0.211. The van der Waals surface area contributed by atoms with Gasteiger partial charge in [0.2, 0.25) is 5.76 Å². The van der Waals surface area contributed by atoms with E-state index in [1.54, 1.807) is 19.1 Å². The van der Waals surface area contributed by atoms with E-state index in [0.29, 0.717) is 18.6 Å². The zero-order valence-electron chi connectivity index (χ0n) is 13.7. The molecule has 0 fully saturated rings. The van der Waals surface area contributed by atoms with E-state index in [4.69, 9.17) is 8.83 Å². The Morgan fingerprint density at radius 2 is 2.04 bits per heavy atom. The Morgan fingerprint density at radius 3 is 2.72 bits per heavy atom. The van der Waals surface area contributed by atoms with Gasteiger partial charge in [-0.05, 0) is 37.5 Å². The number of benzene rings is 1. The van der Waals surface area contributed by atoms with E-state index in [1.165, 1.54) is 12.7 Å². The van der Waals surface area contributed by atoms with Gasteiger partial charge in [-0.1, -0.05) is 30.3 Å². The molecular weight excluding hydrogens is 318 g/mol. The Kier molecular flexibility index (Phi) is 4.66. The molecule has 0 saturated heterocycles. The average molecular weight is 335 g/mol. The number of nitrogens with zero attached hydrogens (tertiary/aromatic N) is 2. The lowest BCUT2D eigenvalue weighted by Gasteiger charge is -2.22. The minimum atomic E-state index is -1.02. The normalized spacial score (nSPS) is 13.0. The van der Waals surface area contributed by atoms with Crippen molar-refractivity contribution < 1.29 is 13.6 Å². The Morgan fingerprint density at radius 1 is 1.24 bits per heavy atom. The van der Waals surface area contributed by atoms with Crippen molar-refractivity contribution in [2.24, 2.45) is 0 Å². The van der Waals surface area contributed by atoms with Gasteiger partial charge in [-0.3, -0.25) is 4.79 Å². The van der Waals surface area contributed by atoms with E-state index in [1.807, 2.05) is 30.3 Å². The van der Waals surface area contributed by atoms with Gasteiger partial charge in [-0.25, -0.2) is 4.98 Å². The van der Waals surface area contributed by atoms with Crippen molar-refractivity contribution in [3.63, 3.8) is 0 Å². The second kappa shape index (κ2) is 7.05. The molecule has 3 rings (SSSR count). The predicted octanol–water partition coefficient (Wildman–Crippen LogP) is 3.58. The van der Waals surface area contributed by atoms with Gasteiger partial charge in [0.05, 0.1) is 12.3 Å². The van der Waals surface area contributed by atoms with Crippen LogP contribution in [0, 0.1) is 11.3 Å². The maximum Gasteiger partial charge on any atom is 0.275 e. The van der Waals surface area contributed by atoms with E-state index in [9.17, 15) is 10.1 Å². The van der Waals surface area contributed by atoms with Crippen LogP contribution in [0.3, 0.4) is 0 Å². The van der Waals surface area contributed by atoms with Crippen LogP contribution in [0.2, 0.25) is 0 Å². The molecule has 1 amide bonds. The summed E-state index contributed by atoms with van der Waals surface area (Å²) < 4.78 is 10.5. The highest BCUT2D eigenvalue weighted by molar-refractivity contribution is 5.97. The van der Waals surface area contributed by atoms with Crippen molar-refractivity contribution in [1.82, 2.24) is 10.3 Å². The molecule has 3 aromatic rings. The molecule has 6 heteroatoms. The Balaban J connectivity index is 1.72. The van der Waals surface area contributed by atoms with Gasteiger partial charge >= 0.3 is 0 Å². The first-order chi connectivity index (χ1) is 12.1. The average Bonchev–Trinajstić information content (AvgIpc) is 3.31. The summed E-state index contributed by atoms with van der Waals surface area (Å²) in [4.78, 5) is 16.5. The zero-order valence-corrected chi connectivity index (χ0v) is 13.7. The third-order valence-electron chi connectivity index (χ3n) is 3.92. The molecule has 0 aliphatic rings. The van der Waals surface area contributed by atoms with Gasteiger partial charge in [0.25, 0.3) is 5.91 Å². The number of nitrogens with one attached hydrogen (secondary N) is 1. The lowest BCUT2D eigenvalue weighted by molar-refractivity contribution is 0.0917. The minimum absolute atomic E-state index is 0.0936. The topological polar surface area (TPSA) is 92.1 Å². The monoisotopic (exact) mass is 335 g/mol. The van der Waals surface area contributed by atoms with Crippen LogP contribution in [-0.2, 0) is 6.42 Å². The maximum absolute atomic E-state index is 12.6. The summed E-state index contributed by atoms with van der Waals surface area (Å²) in [6.07, 6.45) is 3.82. The largest absolute Gasteiger partial charge is 0.461 e. The molecule has 1 atom stereocenters. The van der Waals surface area contributed by atoms with Crippen LogP contribution < -0.4 is 5.32 Å². The lowest BCUT2D eigenvalue weighted by Crippen LogP contribution is -2.45. The molecule has 0 radical (unpaired) electrons. The van der Waals surface area contributed by atoms with Crippen molar-refractivity contribution in [3.05, 3.63) is 66.4 Å². The number of nitriles is 1. The smallest absolute Gasteiger partial charge is 0.275 e. The number of rotatable bonds is 6. The number of oxazole rings is 1. The van der Waals surface area contributed by atoms with E-state index in [-0.39, 0.29) is 11.5 Å². The summed E-state index contributed by atoms with van der Waals surface area (Å²) in [7, 11) is 0. The molecule has 0 bridgehead atoms. The molecule has 25 heavy (non-hydrogen) atoms. The SMILES string of the molecule is C[C@@](C#N)(CCc1ccccc1)NC(=O)c1ncoc1-c1ccco1. The second-order valence-electron chi connectivity index (χ2n) is 5.89. The van der Waals surface area contributed by atoms with Crippen LogP contribution in [0.4, 0.5) is 0 Å². The van der Waals surface area contributed by atoms with Crippen LogP contribution in [0.1, 0.15) is 29.4 Å². The predicted molar refractivity (Wildman–Crippen MR) is 90.5 cm³/mol. The van der Waals surface area contributed by atoms with Crippen molar-refractivity contribution in [2.75, 3.05) is 0 Å². The molecular formula is C19H17N3O3. The summed E-state index contributed by atoms with van der Waals surface area (Å²) in [5, 5.41) is 12.3. The third kappa shape index (κ3) is 3.78. The molecule has 2 heterocycles. The van der Waals surface area contributed by atoms with E-state index < -0.39 is 11.4 Å². The van der Waals surface area contributed by atoms with Crippen molar-refractivity contribution in [1.29, 1.82) is 5.26 Å². The molecule has 2 aromatic heterocycles. The van der Waals surface area contributed by atoms with Crippen molar-refractivity contribution in [3.8, 4) is 17.6 Å². The van der Waals surface area contributed by atoms with Crippen molar-refractivity contribution >= 4 is 5.91 Å². The molecule has 0 aliphatic heterocycles. The van der Waals surface area contributed by atoms with Gasteiger partial charge in [0, 0.05) is 0 Å². The minimum Gasteiger partial charge on any atom is -0.461 e. The highest BCUT2D eigenvalue weighted by Gasteiger charge is 2.29. The number of aryl methyl sites for hydroxylation is 1. The number of hydrogen-bond acceptors (Lipinski definition) is 5. The first-order valence-corrected chi connectivity index (χ1v) is 7.86. The first kappa shape index (κ1) is 16.5. The maximum atomic E-state index is 12.6. The fourth-order valence-electron chi connectivity index (χ4n) is 2.49. The number of hydrogen-bond donors (Lipinski definition) is 1. The Labute approximate surface area is 145 Å².